The second-order valence-electron chi connectivity index (χ2n) is 4.33. The van der Waals surface area contributed by atoms with Gasteiger partial charge in [0.2, 0.25) is 0 Å². The molecule has 102 valence electrons. The maximum atomic E-state index is 13.9. The Labute approximate surface area is 113 Å². The summed E-state index contributed by atoms with van der Waals surface area (Å²) in [5.41, 5.74) is 0.434. The molecule has 5 heteroatoms. The van der Waals surface area contributed by atoms with Crippen LogP contribution in [0.25, 0.3) is 11.1 Å². The van der Waals surface area contributed by atoms with Gasteiger partial charge in [-0.05, 0) is 42.3 Å². The molecule has 2 aromatic carbocycles. The molecule has 2 aromatic rings. The van der Waals surface area contributed by atoms with E-state index < -0.39 is 17.6 Å². The van der Waals surface area contributed by atoms with Crippen molar-refractivity contribution in [3.8, 4) is 17.2 Å². The maximum Gasteiger partial charge on any atom is 0.416 e. The van der Waals surface area contributed by atoms with E-state index in [1.807, 2.05) is 6.07 Å². The van der Waals surface area contributed by atoms with Gasteiger partial charge in [-0.1, -0.05) is 12.1 Å². The smallest absolute Gasteiger partial charge is 0.206 e. The highest BCUT2D eigenvalue weighted by Crippen LogP contribution is 2.33. The summed E-state index contributed by atoms with van der Waals surface area (Å²) in [6.07, 6.45) is -4.58. The van der Waals surface area contributed by atoms with E-state index in [1.54, 1.807) is 19.1 Å². The van der Waals surface area contributed by atoms with Crippen LogP contribution < -0.4 is 0 Å². The van der Waals surface area contributed by atoms with Crippen molar-refractivity contribution < 1.29 is 17.6 Å². The van der Waals surface area contributed by atoms with Crippen molar-refractivity contribution in [3.63, 3.8) is 0 Å². The predicted octanol–water partition coefficient (Wildman–Crippen LogP) is 4.69. The van der Waals surface area contributed by atoms with Crippen molar-refractivity contribution in [2.24, 2.45) is 0 Å². The van der Waals surface area contributed by atoms with Crippen LogP contribution in [0.4, 0.5) is 17.6 Å². The monoisotopic (exact) mass is 279 g/mol. The lowest BCUT2D eigenvalue weighted by atomic mass is 9.97. The lowest BCUT2D eigenvalue weighted by Gasteiger charge is -2.11. The summed E-state index contributed by atoms with van der Waals surface area (Å²) < 4.78 is 51.4. The molecule has 0 saturated heterocycles. The normalized spacial score (nSPS) is 11.2. The van der Waals surface area contributed by atoms with Crippen molar-refractivity contribution in [2.45, 2.75) is 13.1 Å². The Morgan fingerprint density at radius 2 is 1.70 bits per heavy atom. The van der Waals surface area contributed by atoms with Gasteiger partial charge in [-0.3, -0.25) is 0 Å². The van der Waals surface area contributed by atoms with Crippen molar-refractivity contribution in [2.75, 3.05) is 0 Å². The van der Waals surface area contributed by atoms with Gasteiger partial charge in [-0.25, -0.2) is 4.39 Å². The number of aryl methyl sites for hydroxylation is 1. The van der Waals surface area contributed by atoms with Crippen LogP contribution in [0.2, 0.25) is 0 Å². The highest BCUT2D eigenvalue weighted by molar-refractivity contribution is 5.69. The Morgan fingerprint density at radius 1 is 1.00 bits per heavy atom. The molecule has 0 aliphatic rings. The molecule has 0 radical (unpaired) electrons. The molecule has 1 nitrogen and oxygen atoms in total. The van der Waals surface area contributed by atoms with E-state index in [0.29, 0.717) is 22.8 Å². The van der Waals surface area contributed by atoms with Gasteiger partial charge in [0.05, 0.1) is 17.2 Å². The van der Waals surface area contributed by atoms with Gasteiger partial charge in [-0.2, -0.15) is 18.4 Å². The zero-order chi connectivity index (χ0) is 14.9. The van der Waals surface area contributed by atoms with E-state index in [2.05, 4.69) is 0 Å². The van der Waals surface area contributed by atoms with E-state index in [-0.39, 0.29) is 5.56 Å². The molecule has 0 saturated carbocycles. The molecule has 20 heavy (non-hydrogen) atoms. The van der Waals surface area contributed by atoms with Gasteiger partial charge < -0.3 is 0 Å². The second-order valence-corrected chi connectivity index (χ2v) is 4.33. The lowest BCUT2D eigenvalue weighted by Crippen LogP contribution is -2.05. The highest BCUT2D eigenvalue weighted by Gasteiger charge is 2.31. The molecule has 0 aliphatic heterocycles. The first kappa shape index (κ1) is 14.1. The van der Waals surface area contributed by atoms with Crippen LogP contribution in [0.3, 0.4) is 0 Å². The van der Waals surface area contributed by atoms with E-state index in [0.717, 1.165) is 12.1 Å². The molecular weight excluding hydrogens is 270 g/mol. The number of halogens is 4. The zero-order valence-electron chi connectivity index (χ0n) is 10.4. The van der Waals surface area contributed by atoms with Gasteiger partial charge in [0.15, 0.2) is 0 Å². The maximum absolute atomic E-state index is 13.9. The molecule has 2 rings (SSSR count). The second kappa shape index (κ2) is 4.97. The van der Waals surface area contributed by atoms with Gasteiger partial charge in [0.25, 0.3) is 0 Å². The van der Waals surface area contributed by atoms with Crippen molar-refractivity contribution in [3.05, 3.63) is 58.9 Å². The summed E-state index contributed by atoms with van der Waals surface area (Å²) in [5, 5.41) is 8.83. The Balaban J connectivity index is 2.57. The third kappa shape index (κ3) is 2.64. The van der Waals surface area contributed by atoms with Crippen LogP contribution in [0.5, 0.6) is 0 Å². The molecule has 0 aliphatic carbocycles. The number of alkyl halides is 3. The van der Waals surface area contributed by atoms with Gasteiger partial charge in [0, 0.05) is 5.56 Å². The summed E-state index contributed by atoms with van der Waals surface area (Å²) in [7, 11) is 0. The van der Waals surface area contributed by atoms with Gasteiger partial charge >= 0.3 is 6.18 Å². The SMILES string of the molecule is Cc1ccc(C#N)cc1-c1ccc(C(F)(F)F)cc1F. The third-order valence-electron chi connectivity index (χ3n) is 2.95. The minimum absolute atomic E-state index is 0.0487. The Morgan fingerprint density at radius 3 is 2.25 bits per heavy atom. The van der Waals surface area contributed by atoms with Crippen molar-refractivity contribution in [1.82, 2.24) is 0 Å². The minimum Gasteiger partial charge on any atom is -0.206 e. The summed E-state index contributed by atoms with van der Waals surface area (Å²) >= 11 is 0. The first-order valence-electron chi connectivity index (χ1n) is 5.71. The summed E-state index contributed by atoms with van der Waals surface area (Å²) in [6, 6.07) is 8.96. The first-order chi connectivity index (χ1) is 9.32. The average Bonchev–Trinajstić information content (AvgIpc) is 2.38. The first-order valence-corrected chi connectivity index (χ1v) is 5.71. The number of hydrogen-bond acceptors (Lipinski definition) is 1. The highest BCUT2D eigenvalue weighted by atomic mass is 19.4. The average molecular weight is 279 g/mol. The van der Waals surface area contributed by atoms with Crippen LogP contribution in [0.1, 0.15) is 16.7 Å². The Hall–Kier alpha value is -2.35. The molecule has 0 amide bonds. The molecule has 0 aromatic heterocycles. The zero-order valence-corrected chi connectivity index (χ0v) is 10.4. The van der Waals surface area contributed by atoms with Crippen molar-refractivity contribution in [1.29, 1.82) is 5.26 Å². The van der Waals surface area contributed by atoms with E-state index in [9.17, 15) is 17.6 Å². The topological polar surface area (TPSA) is 23.8 Å². The molecular formula is C15H9F4N. The molecule has 0 unspecified atom stereocenters. The lowest BCUT2D eigenvalue weighted by molar-refractivity contribution is -0.137. The fraction of sp³-hybridized carbons (Fsp3) is 0.133. The Bertz CT molecular complexity index is 696. The fourth-order valence-corrected chi connectivity index (χ4v) is 1.89. The summed E-state index contributed by atoms with van der Waals surface area (Å²) in [4.78, 5) is 0. The van der Waals surface area contributed by atoms with Gasteiger partial charge in [-0.15, -0.1) is 0 Å². The number of rotatable bonds is 1. The molecule has 0 fully saturated rings. The van der Waals surface area contributed by atoms with Gasteiger partial charge in [0.1, 0.15) is 5.82 Å². The van der Waals surface area contributed by atoms with Crippen molar-refractivity contribution >= 4 is 0 Å². The predicted molar refractivity (Wildman–Crippen MR) is 66.3 cm³/mol. The van der Waals surface area contributed by atoms with Crippen LogP contribution in [0, 0.1) is 24.1 Å². The number of nitriles is 1. The van der Waals surface area contributed by atoms with Crippen LogP contribution in [-0.2, 0) is 6.18 Å². The Kier molecular flexibility index (Phi) is 3.49. The number of hydrogen-bond donors (Lipinski definition) is 0. The molecule has 0 atom stereocenters. The molecule has 0 heterocycles. The molecule has 0 N–H and O–H groups in total. The standard InChI is InChI=1S/C15H9F4N/c1-9-2-3-10(8-20)6-13(9)12-5-4-11(7-14(12)16)15(17,18)19/h2-7H,1H3. The largest absolute Gasteiger partial charge is 0.416 e. The molecule has 0 spiro atoms. The number of benzene rings is 2. The number of nitrogens with zero attached hydrogens (tertiary/aromatic N) is 1. The minimum atomic E-state index is -4.58. The summed E-state index contributed by atoms with van der Waals surface area (Å²) in [5.74, 6) is -0.960. The quantitative estimate of drug-likeness (QED) is 0.694. The van der Waals surface area contributed by atoms with E-state index in [4.69, 9.17) is 5.26 Å². The van der Waals surface area contributed by atoms with Crippen LogP contribution in [0.15, 0.2) is 36.4 Å². The fourth-order valence-electron chi connectivity index (χ4n) is 1.89. The van der Waals surface area contributed by atoms with Crippen LogP contribution >= 0.6 is 0 Å². The van der Waals surface area contributed by atoms with E-state index >= 15 is 0 Å². The molecule has 0 bridgehead atoms. The van der Waals surface area contributed by atoms with Crippen LogP contribution in [-0.4, -0.2) is 0 Å². The van der Waals surface area contributed by atoms with E-state index in [1.165, 1.54) is 6.07 Å². The summed E-state index contributed by atoms with van der Waals surface area (Å²) in [6.45, 7) is 1.70. The third-order valence-corrected chi connectivity index (χ3v) is 2.95.